The number of benzene rings is 2. The number of hydrogen-bond acceptors (Lipinski definition) is 4. The van der Waals surface area contributed by atoms with Crippen LogP contribution in [0.1, 0.15) is 47.1 Å². The van der Waals surface area contributed by atoms with E-state index in [1.165, 1.54) is 11.1 Å². The van der Waals surface area contributed by atoms with Gasteiger partial charge < -0.3 is 5.32 Å². The first-order valence-electron chi connectivity index (χ1n) is 11.7. The van der Waals surface area contributed by atoms with Crippen LogP contribution in [0, 0.1) is 13.8 Å². The molecule has 0 radical (unpaired) electrons. The second-order valence-electron chi connectivity index (χ2n) is 8.89. The van der Waals surface area contributed by atoms with Gasteiger partial charge in [-0.1, -0.05) is 43.3 Å². The number of fused-ring (bicyclic) bond motifs is 1. The number of nitrogens with zero attached hydrogens (tertiary/aromatic N) is 3. The number of anilines is 1. The van der Waals surface area contributed by atoms with E-state index in [-0.39, 0.29) is 18.0 Å². The quantitative estimate of drug-likeness (QED) is 0.598. The molecule has 0 saturated heterocycles. The Morgan fingerprint density at radius 1 is 1.09 bits per heavy atom. The van der Waals surface area contributed by atoms with Crippen LogP contribution in [0.2, 0.25) is 0 Å². The molecule has 1 N–H and O–H groups in total. The minimum absolute atomic E-state index is 0.0187. The van der Waals surface area contributed by atoms with Gasteiger partial charge in [0.05, 0.1) is 5.69 Å². The number of nitrogens with one attached hydrogen (secondary N) is 1. The number of carbonyl (C=O) groups excluding carboxylic acids is 1. The molecular weight excluding hydrogens is 412 g/mol. The number of aryl methyl sites for hydroxylation is 3. The van der Waals surface area contributed by atoms with Crippen molar-refractivity contribution in [1.29, 1.82) is 0 Å². The summed E-state index contributed by atoms with van der Waals surface area (Å²) in [7, 11) is 0. The normalized spacial score (nSPS) is 13.5. The van der Waals surface area contributed by atoms with E-state index >= 15 is 0 Å². The molecule has 4 rings (SSSR count). The topological polar surface area (TPSA) is 67.2 Å². The van der Waals surface area contributed by atoms with Crippen LogP contribution in [0.3, 0.4) is 0 Å². The van der Waals surface area contributed by atoms with E-state index in [0.717, 1.165) is 42.0 Å². The Morgan fingerprint density at radius 3 is 2.61 bits per heavy atom. The average molecular weight is 445 g/mol. The van der Waals surface area contributed by atoms with Crippen LogP contribution < -0.4 is 10.9 Å². The maximum Gasteiger partial charge on any atom is 0.257 e. The highest BCUT2D eigenvalue weighted by molar-refractivity contribution is 5.90. The summed E-state index contributed by atoms with van der Waals surface area (Å²) in [6, 6.07) is 16.2. The molecule has 0 bridgehead atoms. The highest BCUT2D eigenvalue weighted by Crippen LogP contribution is 2.18. The van der Waals surface area contributed by atoms with Crippen molar-refractivity contribution in [3.63, 3.8) is 0 Å². The molecule has 2 aromatic carbocycles. The molecule has 33 heavy (non-hydrogen) atoms. The summed E-state index contributed by atoms with van der Waals surface area (Å²) in [6.45, 7) is 8.40. The van der Waals surface area contributed by atoms with E-state index in [1.807, 2.05) is 50.2 Å². The van der Waals surface area contributed by atoms with Crippen LogP contribution in [0.4, 0.5) is 5.69 Å². The minimum atomic E-state index is -0.207. The van der Waals surface area contributed by atoms with Gasteiger partial charge in [0, 0.05) is 37.3 Å². The lowest BCUT2D eigenvalue weighted by Crippen LogP contribution is -2.40. The van der Waals surface area contributed by atoms with E-state index in [0.29, 0.717) is 25.2 Å². The molecule has 6 nitrogen and oxygen atoms in total. The molecule has 1 amide bonds. The zero-order valence-electron chi connectivity index (χ0n) is 19.7. The fraction of sp³-hybridized carbons (Fsp3) is 0.370. The minimum Gasteiger partial charge on any atom is -0.325 e. The van der Waals surface area contributed by atoms with Crippen LogP contribution >= 0.6 is 0 Å². The molecule has 0 aliphatic carbocycles. The van der Waals surface area contributed by atoms with Gasteiger partial charge in [0.25, 0.3) is 5.56 Å². The average Bonchev–Trinajstić information content (AvgIpc) is 2.80. The Kier molecular flexibility index (Phi) is 7.04. The number of rotatable bonds is 7. The highest BCUT2D eigenvalue weighted by Gasteiger charge is 2.24. The van der Waals surface area contributed by atoms with E-state index in [4.69, 9.17) is 4.98 Å². The SMILES string of the molecule is CCCc1nc2c(c(=O)n1CC(=O)Nc1ccc(C)c(C)c1)CCN(Cc1ccccc1)C2. The maximum atomic E-state index is 13.4. The van der Waals surface area contributed by atoms with Crippen molar-refractivity contribution in [2.24, 2.45) is 0 Å². The van der Waals surface area contributed by atoms with E-state index < -0.39 is 0 Å². The van der Waals surface area contributed by atoms with Crippen molar-refractivity contribution in [1.82, 2.24) is 14.5 Å². The summed E-state index contributed by atoms with van der Waals surface area (Å²) in [5, 5.41) is 2.93. The Labute approximate surface area is 195 Å². The number of aromatic nitrogens is 2. The van der Waals surface area contributed by atoms with Crippen molar-refractivity contribution in [2.75, 3.05) is 11.9 Å². The van der Waals surface area contributed by atoms with Gasteiger partial charge >= 0.3 is 0 Å². The Bertz CT molecular complexity index is 1200. The van der Waals surface area contributed by atoms with Crippen LogP contribution in [-0.2, 0) is 37.3 Å². The smallest absolute Gasteiger partial charge is 0.257 e. The van der Waals surface area contributed by atoms with E-state index in [1.54, 1.807) is 4.57 Å². The molecular formula is C27H32N4O2. The molecule has 0 spiro atoms. The Morgan fingerprint density at radius 2 is 1.88 bits per heavy atom. The molecule has 0 fully saturated rings. The fourth-order valence-electron chi connectivity index (χ4n) is 4.35. The molecule has 1 aliphatic heterocycles. The maximum absolute atomic E-state index is 13.4. The molecule has 2 heterocycles. The summed E-state index contributed by atoms with van der Waals surface area (Å²) < 4.78 is 1.57. The predicted molar refractivity (Wildman–Crippen MR) is 131 cm³/mol. The van der Waals surface area contributed by atoms with Gasteiger partial charge in [0.15, 0.2) is 0 Å². The zero-order valence-corrected chi connectivity index (χ0v) is 19.7. The lowest BCUT2D eigenvalue weighted by molar-refractivity contribution is -0.116. The molecule has 1 aromatic heterocycles. The predicted octanol–water partition coefficient (Wildman–Crippen LogP) is 4.01. The molecule has 1 aliphatic rings. The van der Waals surface area contributed by atoms with Gasteiger partial charge in [-0.3, -0.25) is 19.1 Å². The highest BCUT2D eigenvalue weighted by atomic mass is 16.2. The summed E-state index contributed by atoms with van der Waals surface area (Å²) in [4.78, 5) is 33.4. The first-order chi connectivity index (χ1) is 15.9. The van der Waals surface area contributed by atoms with E-state index in [9.17, 15) is 9.59 Å². The van der Waals surface area contributed by atoms with Gasteiger partial charge in [0.1, 0.15) is 12.4 Å². The lowest BCUT2D eigenvalue weighted by atomic mass is 10.0. The fourth-order valence-corrected chi connectivity index (χ4v) is 4.35. The lowest BCUT2D eigenvalue weighted by Gasteiger charge is -2.29. The summed E-state index contributed by atoms with van der Waals surface area (Å²) >= 11 is 0. The third kappa shape index (κ3) is 5.40. The van der Waals surface area contributed by atoms with Gasteiger partial charge in [-0.25, -0.2) is 4.98 Å². The summed E-state index contributed by atoms with van der Waals surface area (Å²) in [6.07, 6.45) is 2.18. The van der Waals surface area contributed by atoms with Crippen molar-refractivity contribution in [3.8, 4) is 0 Å². The number of carbonyl (C=O) groups is 1. The van der Waals surface area contributed by atoms with Gasteiger partial charge in [0.2, 0.25) is 5.91 Å². The van der Waals surface area contributed by atoms with Crippen LogP contribution in [0.25, 0.3) is 0 Å². The molecule has 0 atom stereocenters. The number of hydrogen-bond donors (Lipinski definition) is 1. The summed E-state index contributed by atoms with van der Waals surface area (Å²) in [5.74, 6) is 0.485. The monoisotopic (exact) mass is 444 g/mol. The molecule has 172 valence electrons. The molecule has 6 heteroatoms. The van der Waals surface area contributed by atoms with Crippen LogP contribution in [0.15, 0.2) is 53.3 Å². The van der Waals surface area contributed by atoms with Crippen LogP contribution in [0.5, 0.6) is 0 Å². The number of amides is 1. The van der Waals surface area contributed by atoms with Gasteiger partial charge in [-0.2, -0.15) is 0 Å². The summed E-state index contributed by atoms with van der Waals surface area (Å²) in [5.41, 5.74) is 5.83. The van der Waals surface area contributed by atoms with E-state index in [2.05, 4.69) is 29.3 Å². The zero-order chi connectivity index (χ0) is 23.4. The van der Waals surface area contributed by atoms with Crippen molar-refractivity contribution in [2.45, 2.75) is 59.7 Å². The Hall–Kier alpha value is -3.25. The first-order valence-corrected chi connectivity index (χ1v) is 11.7. The van der Waals surface area contributed by atoms with Gasteiger partial charge in [-0.15, -0.1) is 0 Å². The van der Waals surface area contributed by atoms with Gasteiger partial charge in [-0.05, 0) is 55.5 Å². The standard InChI is InChI=1S/C27H32N4O2/c1-4-8-25-29-24-17-30(16-21-9-6-5-7-10-21)14-13-23(24)27(33)31(25)18-26(32)28-22-12-11-19(2)20(3)15-22/h5-7,9-12,15H,4,8,13-14,16-18H2,1-3H3,(H,28,32). The molecule has 0 saturated carbocycles. The molecule has 0 unspecified atom stereocenters. The molecule has 3 aromatic rings. The van der Waals surface area contributed by atoms with Crippen LogP contribution in [-0.4, -0.2) is 26.9 Å². The second-order valence-corrected chi connectivity index (χ2v) is 8.89. The van der Waals surface area contributed by atoms with Crippen molar-refractivity contribution < 1.29 is 4.79 Å². The first kappa shape index (κ1) is 22.9. The third-order valence-electron chi connectivity index (χ3n) is 6.29. The van der Waals surface area contributed by atoms with Crippen molar-refractivity contribution >= 4 is 11.6 Å². The Balaban J connectivity index is 1.54. The van der Waals surface area contributed by atoms with Crippen molar-refractivity contribution in [3.05, 3.63) is 92.7 Å². The third-order valence-corrected chi connectivity index (χ3v) is 6.29. The second kappa shape index (κ2) is 10.1. The largest absolute Gasteiger partial charge is 0.325 e.